The molecule has 0 spiro atoms. The van der Waals surface area contributed by atoms with Crippen molar-refractivity contribution in [1.82, 2.24) is 4.90 Å². The Bertz CT molecular complexity index is 2120. The van der Waals surface area contributed by atoms with Crippen molar-refractivity contribution in [3.63, 3.8) is 0 Å². The first-order valence-electron chi connectivity index (χ1n) is 26.5. The summed E-state index contributed by atoms with van der Waals surface area (Å²) in [4.78, 5) is 72.5. The molecular weight excluding hydrogens is 947 g/mol. The molecule has 3 saturated heterocycles. The first-order chi connectivity index (χ1) is 34.0. The first-order valence-corrected chi connectivity index (χ1v) is 28.2. The van der Waals surface area contributed by atoms with E-state index in [2.05, 4.69) is 0 Å². The van der Waals surface area contributed by atoms with E-state index in [0.29, 0.717) is 76.2 Å². The van der Waals surface area contributed by atoms with E-state index in [1.165, 1.54) is 7.11 Å². The fourth-order valence-corrected chi connectivity index (χ4v) is 13.0. The van der Waals surface area contributed by atoms with Gasteiger partial charge >= 0.3 is 5.97 Å². The van der Waals surface area contributed by atoms with E-state index in [-0.39, 0.29) is 73.6 Å². The van der Waals surface area contributed by atoms with Gasteiger partial charge in [-0.15, -0.1) is 0 Å². The highest BCUT2D eigenvalue weighted by Crippen LogP contribution is 2.38. The zero-order valence-corrected chi connectivity index (χ0v) is 45.1. The largest absolute Gasteiger partial charge is 0.460 e. The first kappa shape index (κ1) is 59.5. The molecule has 4 heterocycles. The second-order valence-electron chi connectivity index (χ2n) is 21.8. The average molecular weight is 1030 g/mol. The lowest BCUT2D eigenvalue weighted by Gasteiger charge is -2.43. The number of methoxy groups -OCH3 is 2. The SMILES string of the molecule is COC1CC(CC(C)C2CC(=O)C(C)/C=C(\C)C(O)C(OC)C(=O)C(C)CC(C)/C=C/C=C/C=C(\C)C(OCC3CCCS3(=O)=O)CC3CCC(C)C(O)(O3)C(=O)C(=O)N3CCCCC3C(=O)O2)CCC1O. The highest BCUT2D eigenvalue weighted by Gasteiger charge is 2.53. The third-order valence-electron chi connectivity index (χ3n) is 16.1. The third kappa shape index (κ3) is 15.4. The van der Waals surface area contributed by atoms with Crippen LogP contribution in [0.15, 0.2) is 47.6 Å². The van der Waals surface area contributed by atoms with Crippen molar-refractivity contribution in [1.29, 1.82) is 0 Å². The number of hydrogen-bond acceptors (Lipinski definition) is 15. The molecule has 0 aromatic rings. The Kier molecular flexibility index (Phi) is 22.2. The smallest absolute Gasteiger partial charge is 0.329 e. The summed E-state index contributed by atoms with van der Waals surface area (Å²) in [6.45, 7) is 12.4. The van der Waals surface area contributed by atoms with Crippen LogP contribution in [0.3, 0.4) is 0 Å². The van der Waals surface area contributed by atoms with Gasteiger partial charge in [-0.05, 0) is 120 Å². The number of sulfone groups is 1. The number of cyclic esters (lactones) is 1. The summed E-state index contributed by atoms with van der Waals surface area (Å²) in [7, 11) is -0.408. The maximum Gasteiger partial charge on any atom is 0.329 e. The standard InChI is InChI=1S/C55H85NO15S/c1-33-16-11-10-12-17-34(2)46(69-32-42-18-15-25-72(42,65)66)30-41-22-20-39(7)55(64,71-41)52(61)53(62)56-24-14-13-19-43(56)54(63)70-47(36(4)28-40-21-23-44(57)48(29-40)67-8)31-45(58)35(3)27-38(6)50(60)51(68-9)49(59)37(5)26-33/h10-12,16-17,27,33,35-37,39-44,46-48,50-51,57,60,64H,13-15,18-26,28-32H2,1-9H3/b12-10+,16-11+,34-17+,38-27+. The molecule has 16 unspecified atom stereocenters. The van der Waals surface area contributed by atoms with Crippen molar-refractivity contribution >= 4 is 39.1 Å². The molecule has 406 valence electrons. The number of carbonyl (C=O) groups excluding carboxylic acids is 5. The molecule has 4 aliphatic heterocycles. The lowest BCUT2D eigenvalue weighted by Crippen LogP contribution is -2.61. The molecular formula is C55H85NO15S. The molecule has 16 atom stereocenters. The summed E-state index contributed by atoms with van der Waals surface area (Å²) < 4.78 is 55.6. The van der Waals surface area contributed by atoms with Crippen LogP contribution in [-0.4, -0.2) is 151 Å². The van der Waals surface area contributed by atoms with Gasteiger partial charge < -0.3 is 43.9 Å². The average Bonchev–Trinajstić information content (AvgIpc) is 3.69. The van der Waals surface area contributed by atoms with Gasteiger partial charge in [-0.2, -0.15) is 0 Å². The van der Waals surface area contributed by atoms with Crippen LogP contribution in [0.2, 0.25) is 0 Å². The van der Waals surface area contributed by atoms with Crippen LogP contribution in [-0.2, 0) is 57.5 Å². The Morgan fingerprint density at radius 1 is 0.861 bits per heavy atom. The number of hydrogen-bond donors (Lipinski definition) is 3. The number of carbonyl (C=O) groups is 5. The number of Topliss-reactive ketones (excluding diaryl/α,β-unsaturated/α-hetero) is 3. The molecule has 1 amide bonds. The van der Waals surface area contributed by atoms with E-state index in [1.54, 1.807) is 40.9 Å². The number of rotatable bonds is 8. The molecule has 0 radical (unpaired) electrons. The minimum atomic E-state index is -3.33. The molecule has 0 aromatic heterocycles. The van der Waals surface area contributed by atoms with Gasteiger partial charge in [0.25, 0.3) is 11.7 Å². The summed E-state index contributed by atoms with van der Waals surface area (Å²) in [5.74, 6) is -8.47. The number of fused-ring (bicyclic) bond motifs is 3. The van der Waals surface area contributed by atoms with Crippen LogP contribution in [0.5, 0.6) is 0 Å². The Hall–Kier alpha value is -3.42. The predicted molar refractivity (Wildman–Crippen MR) is 271 cm³/mol. The fourth-order valence-electron chi connectivity index (χ4n) is 11.3. The predicted octanol–water partition coefficient (Wildman–Crippen LogP) is 6.13. The van der Waals surface area contributed by atoms with E-state index < -0.39 is 99.0 Å². The summed E-state index contributed by atoms with van der Waals surface area (Å²) in [5, 5.41) is 33.5. The Morgan fingerprint density at radius 3 is 2.28 bits per heavy atom. The van der Waals surface area contributed by atoms with Gasteiger partial charge in [-0.25, -0.2) is 13.2 Å². The van der Waals surface area contributed by atoms with Gasteiger partial charge in [0, 0.05) is 51.4 Å². The summed E-state index contributed by atoms with van der Waals surface area (Å²) in [6, 6.07) is -1.19. The Morgan fingerprint density at radius 2 is 1.60 bits per heavy atom. The second kappa shape index (κ2) is 26.9. The van der Waals surface area contributed by atoms with Gasteiger partial charge in [0.1, 0.15) is 30.1 Å². The van der Waals surface area contributed by atoms with Gasteiger partial charge in [0.15, 0.2) is 15.6 Å². The van der Waals surface area contributed by atoms with E-state index in [9.17, 15) is 47.7 Å². The normalized spacial score (nSPS) is 40.5. The minimum Gasteiger partial charge on any atom is -0.460 e. The van der Waals surface area contributed by atoms with Crippen LogP contribution >= 0.6 is 0 Å². The van der Waals surface area contributed by atoms with E-state index in [4.69, 9.17) is 23.7 Å². The van der Waals surface area contributed by atoms with Gasteiger partial charge in [-0.3, -0.25) is 19.2 Å². The van der Waals surface area contributed by atoms with Crippen molar-refractivity contribution in [3.8, 4) is 0 Å². The van der Waals surface area contributed by atoms with Crippen LogP contribution in [0.4, 0.5) is 0 Å². The number of allylic oxidation sites excluding steroid dienone is 6. The van der Waals surface area contributed by atoms with Crippen molar-refractivity contribution in [2.45, 2.75) is 198 Å². The third-order valence-corrected chi connectivity index (χ3v) is 18.4. The molecule has 0 aromatic carbocycles. The molecule has 16 nitrogen and oxygen atoms in total. The Labute approximate surface area is 428 Å². The quantitative estimate of drug-likeness (QED) is 0.141. The number of amides is 1. The van der Waals surface area contributed by atoms with Gasteiger partial charge in [-0.1, -0.05) is 71.1 Å². The van der Waals surface area contributed by atoms with E-state index in [0.717, 1.165) is 10.5 Å². The lowest BCUT2D eigenvalue weighted by molar-refractivity contribution is -0.266. The number of aliphatic hydroxyl groups is 3. The highest BCUT2D eigenvalue weighted by atomic mass is 32.2. The Balaban J connectivity index is 1.49. The van der Waals surface area contributed by atoms with Crippen LogP contribution < -0.4 is 0 Å². The number of piperidine rings is 1. The molecule has 2 bridgehead atoms. The summed E-state index contributed by atoms with van der Waals surface area (Å²) in [5.41, 5.74) is 1.10. The van der Waals surface area contributed by atoms with Crippen molar-refractivity contribution in [2.75, 3.05) is 33.1 Å². The molecule has 5 rings (SSSR count). The maximum absolute atomic E-state index is 14.5. The van der Waals surface area contributed by atoms with Crippen molar-refractivity contribution in [2.24, 2.45) is 35.5 Å². The van der Waals surface area contributed by atoms with Crippen molar-refractivity contribution in [3.05, 3.63) is 47.6 Å². The molecule has 17 heteroatoms. The lowest BCUT2D eigenvalue weighted by atomic mass is 9.78. The van der Waals surface area contributed by atoms with Crippen LogP contribution in [0.1, 0.15) is 138 Å². The number of esters is 1. The number of aliphatic hydroxyl groups excluding tert-OH is 2. The van der Waals surface area contributed by atoms with Crippen LogP contribution in [0, 0.1) is 35.5 Å². The molecule has 3 N–H and O–H groups in total. The monoisotopic (exact) mass is 1030 g/mol. The van der Waals surface area contributed by atoms with Gasteiger partial charge in [0.2, 0.25) is 5.79 Å². The number of ether oxygens (including phenoxy) is 5. The molecule has 1 aliphatic carbocycles. The van der Waals surface area contributed by atoms with Crippen molar-refractivity contribution < 1.29 is 71.4 Å². The zero-order valence-electron chi connectivity index (χ0n) is 44.2. The second-order valence-corrected chi connectivity index (χ2v) is 24.2. The minimum absolute atomic E-state index is 0.0406. The molecule has 4 fully saturated rings. The maximum atomic E-state index is 14.5. The highest BCUT2D eigenvalue weighted by molar-refractivity contribution is 7.92. The number of nitrogens with zero attached hydrogens (tertiary/aromatic N) is 1. The van der Waals surface area contributed by atoms with Crippen LogP contribution in [0.25, 0.3) is 0 Å². The molecule has 72 heavy (non-hydrogen) atoms. The summed E-state index contributed by atoms with van der Waals surface area (Å²) in [6.07, 6.45) is 10.7. The number of ketones is 3. The topological polar surface area (TPSA) is 230 Å². The van der Waals surface area contributed by atoms with Gasteiger partial charge in [0.05, 0.1) is 42.0 Å². The summed E-state index contributed by atoms with van der Waals surface area (Å²) >= 11 is 0. The van der Waals surface area contributed by atoms with E-state index in [1.807, 2.05) is 51.2 Å². The molecule has 1 saturated carbocycles. The molecule has 5 aliphatic rings. The van der Waals surface area contributed by atoms with E-state index >= 15 is 0 Å². The fraction of sp³-hybridized carbons (Fsp3) is 0.764. The zero-order chi connectivity index (χ0) is 53.1.